The SMILES string of the molecule is O=C(NCCOCCOCCO)c1cc(=O)c(O)c(C(=O)NCCNCCNC(=O)c2occc(=O)c2O)o1. The van der Waals surface area contributed by atoms with Gasteiger partial charge >= 0.3 is 0 Å². The Balaban J connectivity index is 1.72. The molecule has 0 atom stereocenters. The maximum absolute atomic E-state index is 12.4. The number of ether oxygens (including phenoxy) is 2. The minimum Gasteiger partial charge on any atom is -0.501 e. The van der Waals surface area contributed by atoms with Gasteiger partial charge in [-0.2, -0.15) is 0 Å². The Morgan fingerprint density at radius 1 is 0.744 bits per heavy atom. The largest absolute Gasteiger partial charge is 0.501 e. The average Bonchev–Trinajstić information content (AvgIpc) is 2.92. The normalized spacial score (nSPS) is 10.7. The van der Waals surface area contributed by atoms with Crippen molar-refractivity contribution in [3.05, 3.63) is 56.1 Å². The van der Waals surface area contributed by atoms with Crippen LogP contribution in [0.15, 0.2) is 36.8 Å². The van der Waals surface area contributed by atoms with Crippen LogP contribution in [0.25, 0.3) is 0 Å². The van der Waals surface area contributed by atoms with Gasteiger partial charge in [0.2, 0.25) is 33.9 Å². The second-order valence-electron chi connectivity index (χ2n) is 7.58. The van der Waals surface area contributed by atoms with Crippen LogP contribution in [-0.4, -0.2) is 98.8 Å². The van der Waals surface area contributed by atoms with Gasteiger partial charge in [-0.15, -0.1) is 0 Å². The van der Waals surface area contributed by atoms with Crippen LogP contribution in [0.4, 0.5) is 0 Å². The Morgan fingerprint density at radius 2 is 1.33 bits per heavy atom. The summed E-state index contributed by atoms with van der Waals surface area (Å²) in [5, 5.41) is 38.2. The van der Waals surface area contributed by atoms with E-state index >= 15 is 0 Å². The number of amides is 3. The third-order valence-electron chi connectivity index (χ3n) is 4.73. The van der Waals surface area contributed by atoms with Gasteiger partial charge in [-0.05, 0) is 0 Å². The number of nitrogens with one attached hydrogen (secondary N) is 4. The summed E-state index contributed by atoms with van der Waals surface area (Å²) in [6.07, 6.45) is 0.982. The highest BCUT2D eigenvalue weighted by Gasteiger charge is 2.21. The van der Waals surface area contributed by atoms with E-state index in [4.69, 9.17) is 23.4 Å². The maximum atomic E-state index is 12.4. The minimum absolute atomic E-state index is 0.0278. The molecule has 214 valence electrons. The zero-order valence-corrected chi connectivity index (χ0v) is 20.8. The Morgan fingerprint density at radius 3 is 2.00 bits per heavy atom. The second kappa shape index (κ2) is 16.6. The third-order valence-corrected chi connectivity index (χ3v) is 4.73. The summed E-state index contributed by atoms with van der Waals surface area (Å²) in [7, 11) is 0. The first kappa shape index (κ1) is 31.0. The van der Waals surface area contributed by atoms with E-state index in [1.165, 1.54) is 0 Å². The monoisotopic (exact) mass is 554 g/mol. The molecule has 7 N–H and O–H groups in total. The molecule has 0 aliphatic heterocycles. The maximum Gasteiger partial charge on any atom is 0.291 e. The predicted molar refractivity (Wildman–Crippen MR) is 132 cm³/mol. The van der Waals surface area contributed by atoms with Gasteiger partial charge < -0.3 is 54.9 Å². The molecule has 0 saturated carbocycles. The molecule has 0 unspecified atom stereocenters. The highest BCUT2D eigenvalue weighted by molar-refractivity contribution is 5.96. The zero-order chi connectivity index (χ0) is 28.6. The van der Waals surface area contributed by atoms with Crippen LogP contribution in [0.3, 0.4) is 0 Å². The van der Waals surface area contributed by atoms with Crippen LogP contribution in [0.2, 0.25) is 0 Å². The summed E-state index contributed by atoms with van der Waals surface area (Å²) in [5.74, 6) is -6.01. The molecule has 39 heavy (non-hydrogen) atoms. The Bertz CT molecular complexity index is 1230. The van der Waals surface area contributed by atoms with E-state index in [1.54, 1.807) is 0 Å². The number of carbonyl (C=O) groups excluding carboxylic acids is 3. The second-order valence-corrected chi connectivity index (χ2v) is 7.58. The molecule has 0 spiro atoms. The van der Waals surface area contributed by atoms with Crippen molar-refractivity contribution in [1.29, 1.82) is 0 Å². The average molecular weight is 555 g/mol. The van der Waals surface area contributed by atoms with Crippen molar-refractivity contribution in [1.82, 2.24) is 21.3 Å². The first-order valence-corrected chi connectivity index (χ1v) is 11.8. The Kier molecular flexibility index (Phi) is 13.2. The number of hydrogen-bond donors (Lipinski definition) is 7. The molecule has 0 bridgehead atoms. The molecule has 2 aromatic rings. The van der Waals surface area contributed by atoms with Crippen LogP contribution in [0.1, 0.15) is 31.7 Å². The molecule has 0 aromatic carbocycles. The van der Waals surface area contributed by atoms with E-state index in [9.17, 15) is 34.2 Å². The molecule has 0 saturated heterocycles. The van der Waals surface area contributed by atoms with Crippen LogP contribution < -0.4 is 32.1 Å². The molecule has 16 heteroatoms. The summed E-state index contributed by atoms with van der Waals surface area (Å²) in [5.41, 5.74) is -1.74. The van der Waals surface area contributed by atoms with E-state index in [1.807, 2.05) is 0 Å². The summed E-state index contributed by atoms with van der Waals surface area (Å²) in [6.45, 7) is 1.39. The lowest BCUT2D eigenvalue weighted by Crippen LogP contribution is -2.37. The topological polar surface area (TPSA) is 239 Å². The van der Waals surface area contributed by atoms with E-state index in [0.717, 1.165) is 18.4 Å². The minimum atomic E-state index is -0.983. The number of aliphatic hydroxyl groups is 1. The van der Waals surface area contributed by atoms with Gasteiger partial charge in [-0.3, -0.25) is 24.0 Å². The first-order chi connectivity index (χ1) is 18.8. The van der Waals surface area contributed by atoms with Crippen molar-refractivity contribution in [2.24, 2.45) is 0 Å². The molecule has 2 heterocycles. The molecule has 3 amide bonds. The predicted octanol–water partition coefficient (Wildman–Crippen LogP) is -2.49. The standard InChI is InChI=1S/C23H30N4O12/c28-7-10-37-12-11-36-9-6-27-21(33)16-13-15(30)18(32)20(39-16)23(35)26-5-3-24-2-4-25-22(34)19-17(31)14(29)1-8-38-19/h1,8,13,24,28,31-32H,2-7,9-12H2,(H,25,34)(H,26,35)(H,27,33). The van der Waals surface area contributed by atoms with Gasteiger partial charge in [0.25, 0.3) is 17.7 Å². The number of rotatable bonds is 17. The highest BCUT2D eigenvalue weighted by atomic mass is 16.5. The van der Waals surface area contributed by atoms with E-state index in [-0.39, 0.29) is 65.8 Å². The molecular formula is C23H30N4O12. The fourth-order valence-electron chi connectivity index (χ4n) is 2.85. The van der Waals surface area contributed by atoms with Crippen molar-refractivity contribution in [2.45, 2.75) is 0 Å². The number of hydrogen-bond acceptors (Lipinski definition) is 13. The molecule has 16 nitrogen and oxygen atoms in total. The van der Waals surface area contributed by atoms with Crippen molar-refractivity contribution < 1.29 is 48.0 Å². The van der Waals surface area contributed by atoms with Gasteiger partial charge in [-0.25, -0.2) is 0 Å². The van der Waals surface area contributed by atoms with Gasteiger partial charge in [-0.1, -0.05) is 0 Å². The van der Waals surface area contributed by atoms with Crippen LogP contribution in [-0.2, 0) is 9.47 Å². The molecule has 0 radical (unpaired) electrons. The van der Waals surface area contributed by atoms with Crippen molar-refractivity contribution in [2.75, 3.05) is 65.8 Å². The zero-order valence-electron chi connectivity index (χ0n) is 20.8. The van der Waals surface area contributed by atoms with E-state index < -0.39 is 57.4 Å². The first-order valence-electron chi connectivity index (χ1n) is 11.8. The molecule has 0 fully saturated rings. The summed E-state index contributed by atoms with van der Waals surface area (Å²) in [6, 6.07) is 1.72. The number of aromatic hydroxyl groups is 2. The summed E-state index contributed by atoms with van der Waals surface area (Å²) in [4.78, 5) is 59.9. The lowest BCUT2D eigenvalue weighted by Gasteiger charge is -2.10. The fraction of sp³-hybridized carbons (Fsp3) is 0.435. The summed E-state index contributed by atoms with van der Waals surface area (Å²) >= 11 is 0. The molecule has 2 aromatic heterocycles. The van der Waals surface area contributed by atoms with Crippen molar-refractivity contribution >= 4 is 17.7 Å². The third kappa shape index (κ3) is 10.2. The summed E-state index contributed by atoms with van der Waals surface area (Å²) < 4.78 is 20.2. The lowest BCUT2D eigenvalue weighted by atomic mass is 10.3. The molecular weight excluding hydrogens is 524 g/mol. The Hall–Kier alpha value is -4.25. The Labute approximate surface area is 220 Å². The van der Waals surface area contributed by atoms with Crippen molar-refractivity contribution in [3.63, 3.8) is 0 Å². The van der Waals surface area contributed by atoms with Crippen LogP contribution in [0.5, 0.6) is 11.5 Å². The van der Waals surface area contributed by atoms with Gasteiger partial charge in [0, 0.05) is 44.9 Å². The van der Waals surface area contributed by atoms with E-state index in [2.05, 4.69) is 21.3 Å². The molecule has 0 aliphatic rings. The van der Waals surface area contributed by atoms with Crippen molar-refractivity contribution in [3.8, 4) is 11.5 Å². The quantitative estimate of drug-likeness (QED) is 0.100. The van der Waals surface area contributed by atoms with Gasteiger partial charge in [0.15, 0.2) is 5.76 Å². The van der Waals surface area contributed by atoms with E-state index in [0.29, 0.717) is 0 Å². The van der Waals surface area contributed by atoms with Crippen LogP contribution >= 0.6 is 0 Å². The fourth-order valence-corrected chi connectivity index (χ4v) is 2.85. The van der Waals surface area contributed by atoms with Gasteiger partial charge in [0.1, 0.15) is 0 Å². The number of aliphatic hydroxyl groups excluding tert-OH is 1. The van der Waals surface area contributed by atoms with Gasteiger partial charge in [0.05, 0.1) is 39.3 Å². The highest BCUT2D eigenvalue weighted by Crippen LogP contribution is 2.13. The molecule has 0 aliphatic carbocycles. The lowest BCUT2D eigenvalue weighted by molar-refractivity contribution is 0.0337. The van der Waals surface area contributed by atoms with Crippen LogP contribution in [0, 0.1) is 0 Å². The molecule has 2 rings (SSSR count). The smallest absolute Gasteiger partial charge is 0.291 e. The number of carbonyl (C=O) groups is 3.